The Morgan fingerprint density at radius 3 is 2.67 bits per heavy atom. The van der Waals surface area contributed by atoms with E-state index in [9.17, 15) is 9.59 Å². The number of carbonyl (C=O) groups is 2. The van der Waals surface area contributed by atoms with Gasteiger partial charge in [-0.05, 0) is 19.3 Å². The highest BCUT2D eigenvalue weighted by molar-refractivity contribution is 5.90. The normalized spacial score (nSPS) is 29.2. The minimum atomic E-state index is -0.855. The van der Waals surface area contributed by atoms with Crippen molar-refractivity contribution < 1.29 is 14.7 Å². The smallest absolute Gasteiger partial charge is 0.304 e. The van der Waals surface area contributed by atoms with Crippen LogP contribution in [0.15, 0.2) is 0 Å². The van der Waals surface area contributed by atoms with Gasteiger partial charge in [-0.3, -0.25) is 9.59 Å². The molecule has 1 aliphatic rings. The van der Waals surface area contributed by atoms with Crippen molar-refractivity contribution in [2.45, 2.75) is 39.0 Å². The van der Waals surface area contributed by atoms with Gasteiger partial charge in [0.25, 0.3) is 0 Å². The number of ketones is 1. The molecule has 68 valence electrons. The van der Waals surface area contributed by atoms with Crippen LogP contribution in [0.5, 0.6) is 0 Å². The molecule has 0 aliphatic heterocycles. The van der Waals surface area contributed by atoms with E-state index in [2.05, 4.69) is 0 Å². The Bertz CT molecular complexity index is 210. The molecular formula is C9H14O3. The van der Waals surface area contributed by atoms with Crippen LogP contribution >= 0.6 is 0 Å². The molecule has 0 spiro atoms. The molecule has 0 saturated heterocycles. The number of hydrogen-bond acceptors (Lipinski definition) is 2. The summed E-state index contributed by atoms with van der Waals surface area (Å²) >= 11 is 0. The number of carboxylic acid groups (broad SMARTS) is 1. The molecule has 1 atom stereocenters. The number of carbonyl (C=O) groups excluding carboxylic acids is 1. The van der Waals surface area contributed by atoms with Gasteiger partial charge in [0.05, 0.1) is 6.42 Å². The third-order valence-electron chi connectivity index (χ3n) is 2.82. The van der Waals surface area contributed by atoms with Crippen LogP contribution in [0.4, 0.5) is 0 Å². The first-order valence-electron chi connectivity index (χ1n) is 4.36. The van der Waals surface area contributed by atoms with Crippen molar-refractivity contribution in [3.05, 3.63) is 0 Å². The number of Topliss-reactive ketones (excluding diaryl/α,β-unsaturated/α-hetero) is 1. The van der Waals surface area contributed by atoms with E-state index < -0.39 is 11.4 Å². The van der Waals surface area contributed by atoms with Gasteiger partial charge >= 0.3 is 5.97 Å². The van der Waals surface area contributed by atoms with Crippen LogP contribution in [0.25, 0.3) is 0 Å². The first-order valence-corrected chi connectivity index (χ1v) is 4.36. The van der Waals surface area contributed by atoms with E-state index in [1.165, 1.54) is 0 Å². The molecule has 1 unspecified atom stereocenters. The van der Waals surface area contributed by atoms with E-state index in [0.717, 1.165) is 12.8 Å². The van der Waals surface area contributed by atoms with E-state index in [4.69, 9.17) is 5.11 Å². The number of carboxylic acids is 1. The maximum atomic E-state index is 11.4. The summed E-state index contributed by atoms with van der Waals surface area (Å²) in [4.78, 5) is 21.9. The predicted molar refractivity (Wildman–Crippen MR) is 43.8 cm³/mol. The zero-order chi connectivity index (χ0) is 9.19. The summed E-state index contributed by atoms with van der Waals surface area (Å²) in [6.45, 7) is 1.90. The Kier molecular flexibility index (Phi) is 2.50. The van der Waals surface area contributed by atoms with Crippen LogP contribution in [0, 0.1) is 5.41 Å². The summed E-state index contributed by atoms with van der Waals surface area (Å²) in [5.41, 5.74) is -0.522. The molecule has 0 aromatic rings. The Morgan fingerprint density at radius 1 is 1.67 bits per heavy atom. The third kappa shape index (κ3) is 1.49. The van der Waals surface area contributed by atoms with Crippen molar-refractivity contribution in [3.8, 4) is 0 Å². The maximum Gasteiger partial charge on any atom is 0.304 e. The monoisotopic (exact) mass is 170 g/mol. The molecule has 0 heterocycles. The topological polar surface area (TPSA) is 54.4 Å². The second-order valence-corrected chi connectivity index (χ2v) is 3.48. The molecule has 1 aliphatic carbocycles. The number of aliphatic carboxylic acids is 1. The van der Waals surface area contributed by atoms with Crippen molar-refractivity contribution in [3.63, 3.8) is 0 Å². The first kappa shape index (κ1) is 9.23. The molecule has 12 heavy (non-hydrogen) atoms. The second kappa shape index (κ2) is 3.25. The van der Waals surface area contributed by atoms with Gasteiger partial charge in [-0.15, -0.1) is 0 Å². The second-order valence-electron chi connectivity index (χ2n) is 3.48. The number of hydrogen-bond donors (Lipinski definition) is 1. The van der Waals surface area contributed by atoms with Crippen LogP contribution in [0.3, 0.4) is 0 Å². The zero-order valence-electron chi connectivity index (χ0n) is 7.30. The summed E-state index contributed by atoms with van der Waals surface area (Å²) in [6, 6.07) is 0. The molecule has 1 saturated carbocycles. The van der Waals surface area contributed by atoms with Crippen molar-refractivity contribution in [1.29, 1.82) is 0 Å². The van der Waals surface area contributed by atoms with Gasteiger partial charge in [0.15, 0.2) is 0 Å². The first-order chi connectivity index (χ1) is 5.60. The molecule has 1 rings (SSSR count). The molecule has 0 aromatic heterocycles. The maximum absolute atomic E-state index is 11.4. The fourth-order valence-electron chi connectivity index (χ4n) is 1.97. The minimum Gasteiger partial charge on any atom is -0.481 e. The van der Waals surface area contributed by atoms with E-state index in [0.29, 0.717) is 12.8 Å². The molecule has 0 amide bonds. The van der Waals surface area contributed by atoms with Crippen LogP contribution in [0.2, 0.25) is 0 Å². The highest BCUT2D eigenvalue weighted by atomic mass is 16.4. The van der Waals surface area contributed by atoms with E-state index >= 15 is 0 Å². The van der Waals surface area contributed by atoms with Crippen molar-refractivity contribution in [1.82, 2.24) is 0 Å². The largest absolute Gasteiger partial charge is 0.481 e. The lowest BCUT2D eigenvalue weighted by atomic mass is 9.79. The van der Waals surface area contributed by atoms with Crippen LogP contribution < -0.4 is 0 Å². The van der Waals surface area contributed by atoms with Crippen molar-refractivity contribution in [2.75, 3.05) is 0 Å². The summed E-state index contributed by atoms with van der Waals surface area (Å²) in [5, 5.41) is 8.64. The van der Waals surface area contributed by atoms with Gasteiger partial charge < -0.3 is 5.11 Å². The van der Waals surface area contributed by atoms with E-state index in [1.54, 1.807) is 0 Å². The van der Waals surface area contributed by atoms with Gasteiger partial charge in [-0.2, -0.15) is 0 Å². The Balaban J connectivity index is 2.74. The standard InChI is InChI=1S/C9H14O3/c1-2-9(6-8(11)12)5-3-4-7(9)10/h2-6H2,1H3,(H,11,12). The van der Waals surface area contributed by atoms with Crippen molar-refractivity contribution >= 4 is 11.8 Å². The summed E-state index contributed by atoms with van der Waals surface area (Å²) in [5.74, 6) is -0.709. The average molecular weight is 170 g/mol. The molecule has 0 aromatic carbocycles. The van der Waals surface area contributed by atoms with Crippen LogP contribution in [0.1, 0.15) is 39.0 Å². The SMILES string of the molecule is CCC1(CC(=O)O)CCCC1=O. The van der Waals surface area contributed by atoms with Gasteiger partial charge in [0.2, 0.25) is 0 Å². The number of rotatable bonds is 3. The molecule has 3 nitrogen and oxygen atoms in total. The Morgan fingerprint density at radius 2 is 2.33 bits per heavy atom. The fourth-order valence-corrected chi connectivity index (χ4v) is 1.97. The van der Waals surface area contributed by atoms with Gasteiger partial charge in [-0.25, -0.2) is 0 Å². The van der Waals surface area contributed by atoms with Crippen LogP contribution in [-0.2, 0) is 9.59 Å². The van der Waals surface area contributed by atoms with Crippen molar-refractivity contribution in [2.24, 2.45) is 5.41 Å². The van der Waals surface area contributed by atoms with Gasteiger partial charge in [-0.1, -0.05) is 6.92 Å². The predicted octanol–water partition coefficient (Wildman–Crippen LogP) is 1.61. The summed E-state index contributed by atoms with van der Waals surface area (Å²) in [6.07, 6.45) is 2.87. The van der Waals surface area contributed by atoms with Crippen LogP contribution in [-0.4, -0.2) is 16.9 Å². The minimum absolute atomic E-state index is 0.0162. The molecule has 0 radical (unpaired) electrons. The van der Waals surface area contributed by atoms with E-state index in [-0.39, 0.29) is 12.2 Å². The highest BCUT2D eigenvalue weighted by Gasteiger charge is 2.41. The molecule has 3 heteroatoms. The summed E-state index contributed by atoms with van der Waals surface area (Å²) < 4.78 is 0. The molecule has 0 bridgehead atoms. The zero-order valence-corrected chi connectivity index (χ0v) is 7.30. The average Bonchev–Trinajstić information content (AvgIpc) is 2.32. The quantitative estimate of drug-likeness (QED) is 0.700. The Hall–Kier alpha value is -0.860. The van der Waals surface area contributed by atoms with E-state index in [1.807, 2.05) is 6.92 Å². The Labute approximate surface area is 71.8 Å². The molecule has 1 N–H and O–H groups in total. The lowest BCUT2D eigenvalue weighted by molar-refractivity contribution is -0.143. The lowest BCUT2D eigenvalue weighted by Gasteiger charge is -2.22. The summed E-state index contributed by atoms with van der Waals surface area (Å²) in [7, 11) is 0. The molecule has 1 fully saturated rings. The highest BCUT2D eigenvalue weighted by Crippen LogP contribution is 2.40. The lowest BCUT2D eigenvalue weighted by Crippen LogP contribution is -2.27. The fraction of sp³-hybridized carbons (Fsp3) is 0.778. The van der Waals surface area contributed by atoms with Gasteiger partial charge in [0, 0.05) is 11.8 Å². The van der Waals surface area contributed by atoms with Gasteiger partial charge in [0.1, 0.15) is 5.78 Å². The third-order valence-corrected chi connectivity index (χ3v) is 2.82. The molecular weight excluding hydrogens is 156 g/mol.